The van der Waals surface area contributed by atoms with E-state index in [9.17, 15) is 4.79 Å². The van der Waals surface area contributed by atoms with E-state index in [2.05, 4.69) is 29.2 Å². The van der Waals surface area contributed by atoms with E-state index >= 15 is 0 Å². The van der Waals surface area contributed by atoms with Gasteiger partial charge in [0.25, 0.3) is 5.91 Å². The van der Waals surface area contributed by atoms with Crippen molar-refractivity contribution >= 4 is 5.91 Å². The number of amides is 1. The third-order valence-electron chi connectivity index (χ3n) is 5.03. The smallest absolute Gasteiger partial charge is 0.251 e. The molecule has 152 valence electrons. The molecule has 0 radical (unpaired) electrons. The Bertz CT molecular complexity index is 795. The van der Waals surface area contributed by atoms with Crippen LogP contribution in [0.4, 0.5) is 0 Å². The maximum Gasteiger partial charge on any atom is 0.251 e. The predicted octanol–water partition coefficient (Wildman–Crippen LogP) is 3.17. The molecule has 0 saturated carbocycles. The topological polar surface area (TPSA) is 76.8 Å². The van der Waals surface area contributed by atoms with Crippen LogP contribution in [0.25, 0.3) is 0 Å². The molecule has 2 heterocycles. The van der Waals surface area contributed by atoms with Crippen molar-refractivity contribution in [3.8, 4) is 11.5 Å². The molecule has 7 heteroatoms. The Kier molecular flexibility index (Phi) is 6.57. The van der Waals surface area contributed by atoms with Gasteiger partial charge in [0.05, 0.1) is 19.3 Å². The van der Waals surface area contributed by atoms with Gasteiger partial charge < -0.3 is 24.2 Å². The largest absolute Gasteiger partial charge is 0.493 e. The van der Waals surface area contributed by atoms with Crippen molar-refractivity contribution < 1.29 is 18.8 Å². The van der Waals surface area contributed by atoms with Gasteiger partial charge in [-0.3, -0.25) is 4.79 Å². The van der Waals surface area contributed by atoms with Crippen molar-refractivity contribution in [2.75, 3.05) is 20.2 Å². The number of likely N-dealkylation sites (tertiary alicyclic amines) is 1. The molecule has 0 atom stereocenters. The molecule has 7 nitrogen and oxygen atoms in total. The number of benzene rings is 1. The van der Waals surface area contributed by atoms with Crippen molar-refractivity contribution in [3.63, 3.8) is 0 Å². The molecule has 1 amide bonds. The summed E-state index contributed by atoms with van der Waals surface area (Å²) >= 11 is 0. The monoisotopic (exact) mass is 387 g/mol. The summed E-state index contributed by atoms with van der Waals surface area (Å²) in [6.07, 6.45) is 2.05. The maximum absolute atomic E-state index is 12.5. The molecule has 3 rings (SSSR count). The van der Waals surface area contributed by atoms with Crippen molar-refractivity contribution in [1.29, 1.82) is 0 Å². The summed E-state index contributed by atoms with van der Waals surface area (Å²) in [5.41, 5.74) is 1.31. The minimum atomic E-state index is -0.198. The second-order valence-electron chi connectivity index (χ2n) is 7.43. The van der Waals surface area contributed by atoms with E-state index in [-0.39, 0.29) is 18.6 Å². The zero-order valence-electron chi connectivity index (χ0n) is 17.0. The van der Waals surface area contributed by atoms with E-state index in [1.54, 1.807) is 31.4 Å². The highest BCUT2D eigenvalue weighted by atomic mass is 16.5. The molecule has 1 fully saturated rings. The number of carbonyl (C=O) groups excluding carboxylic acids is 1. The lowest BCUT2D eigenvalue weighted by Crippen LogP contribution is -2.41. The van der Waals surface area contributed by atoms with Gasteiger partial charge in [-0.15, -0.1) is 0 Å². The lowest BCUT2D eigenvalue weighted by molar-refractivity contribution is 0.0818. The van der Waals surface area contributed by atoms with Gasteiger partial charge in [-0.1, -0.05) is 5.16 Å². The van der Waals surface area contributed by atoms with E-state index in [0.717, 1.165) is 31.6 Å². The van der Waals surface area contributed by atoms with Crippen LogP contribution in [0, 0.1) is 6.92 Å². The molecule has 28 heavy (non-hydrogen) atoms. The summed E-state index contributed by atoms with van der Waals surface area (Å²) in [5, 5.41) is 6.66. The molecule has 0 bridgehead atoms. The van der Waals surface area contributed by atoms with Crippen LogP contribution in [-0.4, -0.2) is 48.3 Å². The van der Waals surface area contributed by atoms with Gasteiger partial charge >= 0.3 is 0 Å². The van der Waals surface area contributed by atoms with E-state index in [1.165, 1.54) is 0 Å². The molecule has 2 aromatic rings. The van der Waals surface area contributed by atoms with Crippen molar-refractivity contribution in [1.82, 2.24) is 15.4 Å². The number of rotatable bonds is 7. The first-order valence-corrected chi connectivity index (χ1v) is 9.75. The number of methoxy groups -OCH3 is 1. The molecular weight excluding hydrogens is 358 g/mol. The van der Waals surface area contributed by atoms with Crippen molar-refractivity contribution in [2.45, 2.75) is 52.3 Å². The summed E-state index contributed by atoms with van der Waals surface area (Å²) < 4.78 is 16.7. The van der Waals surface area contributed by atoms with Crippen molar-refractivity contribution in [3.05, 3.63) is 41.3 Å². The molecule has 1 saturated heterocycles. The molecular formula is C21H29N3O4. The first-order chi connectivity index (χ1) is 13.5. The lowest BCUT2D eigenvalue weighted by atomic mass is 10.1. The van der Waals surface area contributed by atoms with Crippen LogP contribution in [0.5, 0.6) is 11.5 Å². The quantitative estimate of drug-likeness (QED) is 0.786. The van der Waals surface area contributed by atoms with Gasteiger partial charge in [0.1, 0.15) is 6.10 Å². The van der Waals surface area contributed by atoms with Crippen LogP contribution in [-0.2, 0) is 6.54 Å². The molecule has 1 aliphatic heterocycles. The Morgan fingerprint density at radius 1 is 1.29 bits per heavy atom. The van der Waals surface area contributed by atoms with E-state index in [1.807, 2.05) is 6.92 Å². The van der Waals surface area contributed by atoms with Gasteiger partial charge in [0, 0.05) is 30.8 Å². The number of aryl methyl sites for hydroxylation is 1. The normalized spacial score (nSPS) is 15.6. The number of ether oxygens (including phenoxy) is 2. The van der Waals surface area contributed by atoms with Crippen LogP contribution < -0.4 is 14.8 Å². The Morgan fingerprint density at radius 3 is 2.64 bits per heavy atom. The predicted molar refractivity (Wildman–Crippen MR) is 106 cm³/mol. The van der Waals surface area contributed by atoms with Crippen LogP contribution in [0.3, 0.4) is 0 Å². The Labute approximate surface area is 166 Å². The zero-order chi connectivity index (χ0) is 20.1. The van der Waals surface area contributed by atoms with Crippen molar-refractivity contribution in [2.24, 2.45) is 0 Å². The summed E-state index contributed by atoms with van der Waals surface area (Å²) in [6, 6.07) is 7.59. The number of carbonyl (C=O) groups is 1. The summed E-state index contributed by atoms with van der Waals surface area (Å²) in [5.74, 6) is 1.66. The number of nitrogens with one attached hydrogen (secondary N) is 1. The highest BCUT2D eigenvalue weighted by molar-refractivity contribution is 5.94. The van der Waals surface area contributed by atoms with Gasteiger partial charge in [0.15, 0.2) is 17.3 Å². The zero-order valence-corrected chi connectivity index (χ0v) is 17.0. The fourth-order valence-corrected chi connectivity index (χ4v) is 3.37. The van der Waals surface area contributed by atoms with Crippen LogP contribution in [0.2, 0.25) is 0 Å². The Hall–Kier alpha value is -2.54. The van der Waals surface area contributed by atoms with E-state index in [0.29, 0.717) is 28.9 Å². The molecule has 1 aromatic carbocycles. The van der Waals surface area contributed by atoms with E-state index in [4.69, 9.17) is 14.0 Å². The Balaban J connectivity index is 1.63. The number of hydrogen-bond acceptors (Lipinski definition) is 6. The SMILES string of the molecule is COc1ccc(C(=O)NCc2cc(C)no2)cc1OC1CCN(C(C)C)CC1. The molecule has 0 unspecified atom stereocenters. The standard InChI is InChI=1S/C21H29N3O4/c1-14(2)24-9-7-17(8-10-24)27-20-12-16(5-6-19(20)26-4)21(25)22-13-18-11-15(3)23-28-18/h5-6,11-12,14,17H,7-10,13H2,1-4H3,(H,22,25). The summed E-state index contributed by atoms with van der Waals surface area (Å²) in [6.45, 7) is 8.59. The third kappa shape index (κ3) is 5.04. The maximum atomic E-state index is 12.5. The summed E-state index contributed by atoms with van der Waals surface area (Å²) in [4.78, 5) is 15.0. The minimum Gasteiger partial charge on any atom is -0.493 e. The first-order valence-electron chi connectivity index (χ1n) is 9.75. The second kappa shape index (κ2) is 9.10. The molecule has 0 spiro atoms. The molecule has 1 N–H and O–H groups in total. The lowest BCUT2D eigenvalue weighted by Gasteiger charge is -2.34. The first kappa shape index (κ1) is 20.2. The average molecular weight is 387 g/mol. The third-order valence-corrected chi connectivity index (χ3v) is 5.03. The molecule has 1 aromatic heterocycles. The fourth-order valence-electron chi connectivity index (χ4n) is 3.37. The summed E-state index contributed by atoms with van der Waals surface area (Å²) in [7, 11) is 1.61. The second-order valence-corrected chi connectivity index (χ2v) is 7.43. The number of piperidine rings is 1. The Morgan fingerprint density at radius 2 is 2.04 bits per heavy atom. The van der Waals surface area contributed by atoms with E-state index < -0.39 is 0 Å². The van der Waals surface area contributed by atoms with Gasteiger partial charge in [-0.25, -0.2) is 0 Å². The number of hydrogen-bond donors (Lipinski definition) is 1. The highest BCUT2D eigenvalue weighted by Crippen LogP contribution is 2.31. The van der Waals surface area contributed by atoms with Crippen LogP contribution in [0.1, 0.15) is 48.5 Å². The molecule has 1 aliphatic rings. The fraction of sp³-hybridized carbons (Fsp3) is 0.524. The highest BCUT2D eigenvalue weighted by Gasteiger charge is 2.23. The number of aromatic nitrogens is 1. The van der Waals surface area contributed by atoms with Gasteiger partial charge in [-0.2, -0.15) is 0 Å². The van der Waals surface area contributed by atoms with Gasteiger partial charge in [0.2, 0.25) is 0 Å². The van der Waals surface area contributed by atoms with Crippen LogP contribution >= 0.6 is 0 Å². The minimum absolute atomic E-state index is 0.124. The van der Waals surface area contributed by atoms with Crippen LogP contribution in [0.15, 0.2) is 28.8 Å². The average Bonchev–Trinajstić information content (AvgIpc) is 3.11. The van der Waals surface area contributed by atoms with Gasteiger partial charge in [-0.05, 0) is 51.8 Å². The molecule has 0 aliphatic carbocycles. The number of nitrogens with zero attached hydrogens (tertiary/aromatic N) is 2.